The number of carbonyl (C=O) groups is 1. The second-order valence-corrected chi connectivity index (χ2v) is 23.6. The highest BCUT2D eigenvalue weighted by Crippen LogP contribution is 2.38. The summed E-state index contributed by atoms with van der Waals surface area (Å²) in [6.45, 7) is 4.48. The molecule has 10 heteroatoms. The summed E-state index contributed by atoms with van der Waals surface area (Å²) in [5, 5.41) is 24.8. The molecule has 0 heterocycles. The fourth-order valence-corrected chi connectivity index (χ4v) is 10.2. The second kappa shape index (κ2) is 50.0. The molecule has 0 aliphatic rings. The van der Waals surface area contributed by atoms with Crippen LogP contribution in [-0.2, 0) is 18.4 Å². The third-order valence-corrected chi connectivity index (χ3v) is 15.2. The number of nitrogens with zero attached hydrogens (tertiary/aromatic N) is 1. The molecule has 0 saturated carbocycles. The van der Waals surface area contributed by atoms with Crippen molar-refractivity contribution < 1.29 is 38.0 Å². The molecule has 408 valence electrons. The van der Waals surface area contributed by atoms with Gasteiger partial charge in [-0.1, -0.05) is 290 Å². The Morgan fingerprint density at radius 3 is 1.04 bits per heavy atom. The molecule has 9 nitrogen and oxygen atoms in total. The lowest BCUT2D eigenvalue weighted by Gasteiger charge is -2.31. The zero-order valence-electron chi connectivity index (χ0n) is 46.2. The Morgan fingerprint density at radius 1 is 0.471 bits per heavy atom. The smallest absolute Gasteiger partial charge is 0.268 e. The first-order valence-electron chi connectivity index (χ1n) is 30.0. The van der Waals surface area contributed by atoms with Gasteiger partial charge in [0.15, 0.2) is 0 Å². The average molecular weight is 988 g/mol. The number of aliphatic hydroxyl groups excluding tert-OH is 2. The summed E-state index contributed by atoms with van der Waals surface area (Å²) in [6, 6.07) is -1.07. The van der Waals surface area contributed by atoms with Crippen molar-refractivity contribution in [1.29, 1.82) is 0 Å². The molecule has 0 radical (unpaired) electrons. The van der Waals surface area contributed by atoms with Crippen LogP contribution < -0.4 is 10.2 Å². The Kier molecular flexibility index (Phi) is 49.6. The number of likely N-dealkylation sites (N-methyl/N-ethyl adjacent to an activating group) is 1. The highest BCUT2D eigenvalue weighted by atomic mass is 31.2. The van der Waals surface area contributed by atoms with E-state index >= 15 is 0 Å². The van der Waals surface area contributed by atoms with Gasteiger partial charge >= 0.3 is 0 Å². The number of rotatable bonds is 56. The summed E-state index contributed by atoms with van der Waals surface area (Å²) in [5.74, 6) is -0.271. The molecule has 0 saturated heterocycles. The second-order valence-electron chi connectivity index (χ2n) is 22.2. The van der Waals surface area contributed by atoms with Crippen molar-refractivity contribution in [1.82, 2.24) is 5.32 Å². The molecule has 0 aliphatic carbocycles. The number of phosphoric acid groups is 1. The highest BCUT2D eigenvalue weighted by molar-refractivity contribution is 7.45. The molecular weight excluding hydrogens is 868 g/mol. The first kappa shape index (κ1) is 67.5. The van der Waals surface area contributed by atoms with E-state index in [0.717, 1.165) is 38.5 Å². The maximum atomic E-state index is 13.0. The molecule has 0 aliphatic heterocycles. The minimum absolute atomic E-state index is 0.0366. The lowest BCUT2D eigenvalue weighted by Crippen LogP contribution is -2.51. The normalized spacial score (nSPS) is 14.3. The summed E-state index contributed by atoms with van der Waals surface area (Å²) in [4.78, 5) is 25.5. The van der Waals surface area contributed by atoms with Crippen LogP contribution in [0.2, 0.25) is 0 Å². The SMILES string of the molecule is CCCCCCCCCCCCCCCCCCCCCCCCCCCCCCCCCCC(=O)NC(COP(=O)([O-])OCC[N+](C)(C)C)C(O)C(O)CCCCCCCCCCCCCC. The summed E-state index contributed by atoms with van der Waals surface area (Å²) in [6.07, 6.45) is 56.1. The van der Waals surface area contributed by atoms with Crippen molar-refractivity contribution in [3.8, 4) is 0 Å². The third-order valence-electron chi connectivity index (χ3n) is 14.2. The number of aliphatic hydroxyl groups is 2. The third kappa shape index (κ3) is 50.4. The number of hydrogen-bond donors (Lipinski definition) is 3. The van der Waals surface area contributed by atoms with Gasteiger partial charge in [0.2, 0.25) is 5.91 Å². The molecule has 0 rings (SSSR count). The van der Waals surface area contributed by atoms with Crippen molar-refractivity contribution >= 4 is 13.7 Å². The zero-order valence-corrected chi connectivity index (χ0v) is 47.1. The molecule has 1 amide bonds. The molecule has 0 bridgehead atoms. The van der Waals surface area contributed by atoms with Crippen LogP contribution in [0.4, 0.5) is 0 Å². The van der Waals surface area contributed by atoms with Gasteiger partial charge in [0.25, 0.3) is 7.82 Å². The number of carbonyl (C=O) groups excluding carboxylic acids is 1. The number of amides is 1. The fraction of sp³-hybridized carbons (Fsp3) is 0.983. The van der Waals surface area contributed by atoms with Crippen LogP contribution >= 0.6 is 7.82 Å². The molecule has 0 fully saturated rings. The van der Waals surface area contributed by atoms with Crippen molar-refractivity contribution in [2.45, 2.75) is 327 Å². The topological polar surface area (TPSA) is 128 Å². The van der Waals surface area contributed by atoms with Gasteiger partial charge in [-0.15, -0.1) is 0 Å². The predicted molar refractivity (Wildman–Crippen MR) is 290 cm³/mol. The number of phosphoric ester groups is 1. The Labute approximate surface area is 423 Å². The Hall–Kier alpha value is -0.540. The maximum absolute atomic E-state index is 13.0. The molecule has 68 heavy (non-hydrogen) atoms. The van der Waals surface area contributed by atoms with Gasteiger partial charge in [-0.05, 0) is 12.8 Å². The Balaban J connectivity index is 4.01. The first-order valence-corrected chi connectivity index (χ1v) is 31.4. The van der Waals surface area contributed by atoms with Crippen molar-refractivity contribution in [3.63, 3.8) is 0 Å². The molecule has 0 aromatic rings. The van der Waals surface area contributed by atoms with Crippen LogP contribution in [0.15, 0.2) is 0 Å². The van der Waals surface area contributed by atoms with Gasteiger partial charge < -0.3 is 34.0 Å². The first-order chi connectivity index (χ1) is 32.9. The summed E-state index contributed by atoms with van der Waals surface area (Å²) in [5.41, 5.74) is 0. The quantitative estimate of drug-likeness (QED) is 0.0314. The van der Waals surface area contributed by atoms with Gasteiger partial charge in [0, 0.05) is 6.42 Å². The van der Waals surface area contributed by atoms with Crippen LogP contribution in [0.5, 0.6) is 0 Å². The van der Waals surface area contributed by atoms with Crippen LogP contribution in [0.25, 0.3) is 0 Å². The van der Waals surface area contributed by atoms with Crippen molar-refractivity contribution in [2.24, 2.45) is 0 Å². The lowest BCUT2D eigenvalue weighted by atomic mass is 9.99. The van der Waals surface area contributed by atoms with E-state index in [4.69, 9.17) is 9.05 Å². The van der Waals surface area contributed by atoms with E-state index in [0.29, 0.717) is 17.4 Å². The van der Waals surface area contributed by atoms with Gasteiger partial charge in [-0.3, -0.25) is 9.36 Å². The molecule has 4 unspecified atom stereocenters. The van der Waals surface area contributed by atoms with Crippen LogP contribution in [0.1, 0.15) is 309 Å². The van der Waals surface area contributed by atoms with E-state index in [2.05, 4.69) is 19.2 Å². The van der Waals surface area contributed by atoms with E-state index in [1.165, 1.54) is 244 Å². The van der Waals surface area contributed by atoms with Gasteiger partial charge in [-0.2, -0.15) is 0 Å². The molecule has 3 N–H and O–H groups in total. The van der Waals surface area contributed by atoms with Gasteiger partial charge in [0.1, 0.15) is 19.3 Å². The van der Waals surface area contributed by atoms with Crippen molar-refractivity contribution in [3.05, 3.63) is 0 Å². The minimum Gasteiger partial charge on any atom is -0.756 e. The van der Waals surface area contributed by atoms with Crippen molar-refractivity contribution in [2.75, 3.05) is 40.9 Å². The predicted octanol–water partition coefficient (Wildman–Crippen LogP) is 16.4. The Morgan fingerprint density at radius 2 is 0.750 bits per heavy atom. The van der Waals surface area contributed by atoms with E-state index in [-0.39, 0.29) is 18.9 Å². The zero-order chi connectivity index (χ0) is 50.1. The maximum Gasteiger partial charge on any atom is 0.268 e. The molecular formula is C58H119N2O7P. The largest absolute Gasteiger partial charge is 0.756 e. The van der Waals surface area contributed by atoms with Crippen LogP contribution in [0, 0.1) is 0 Å². The summed E-state index contributed by atoms with van der Waals surface area (Å²) >= 11 is 0. The van der Waals surface area contributed by atoms with Gasteiger partial charge in [-0.25, -0.2) is 0 Å². The standard InChI is InChI=1S/C58H119N2O7P/c1-6-8-10-12-14-16-18-20-21-22-23-24-25-26-27-28-29-30-31-32-33-34-35-36-37-38-39-41-43-45-47-49-51-57(62)59-55(54-67-68(64,65)66-53-52-60(3,4)5)58(63)56(61)50-48-46-44-42-40-19-17-15-13-11-9-7-2/h55-56,58,61,63H,6-54H2,1-5H3,(H-,59,62,64,65). The number of nitrogens with one attached hydrogen (secondary N) is 1. The van der Waals surface area contributed by atoms with E-state index in [1.807, 2.05) is 21.1 Å². The number of hydrogen-bond acceptors (Lipinski definition) is 7. The lowest BCUT2D eigenvalue weighted by molar-refractivity contribution is -0.870. The fourth-order valence-electron chi connectivity index (χ4n) is 9.44. The van der Waals surface area contributed by atoms with E-state index < -0.39 is 32.7 Å². The van der Waals surface area contributed by atoms with Gasteiger partial charge in [0.05, 0.1) is 39.9 Å². The summed E-state index contributed by atoms with van der Waals surface area (Å²) in [7, 11) is 1.14. The van der Waals surface area contributed by atoms with Crippen LogP contribution in [-0.4, -0.2) is 79.8 Å². The Bertz CT molecular complexity index is 1090. The van der Waals surface area contributed by atoms with E-state index in [1.54, 1.807) is 0 Å². The average Bonchev–Trinajstić information content (AvgIpc) is 3.30. The highest BCUT2D eigenvalue weighted by Gasteiger charge is 2.29. The molecule has 0 spiro atoms. The van der Waals surface area contributed by atoms with E-state index in [9.17, 15) is 24.5 Å². The number of quaternary nitrogens is 1. The molecule has 4 atom stereocenters. The number of unbranched alkanes of at least 4 members (excludes halogenated alkanes) is 42. The monoisotopic (exact) mass is 987 g/mol. The molecule has 0 aromatic heterocycles. The van der Waals surface area contributed by atoms with Crippen LogP contribution in [0.3, 0.4) is 0 Å². The minimum atomic E-state index is -4.66. The summed E-state index contributed by atoms with van der Waals surface area (Å²) < 4.78 is 23.3. The molecule has 0 aromatic carbocycles.